The van der Waals surface area contributed by atoms with Crippen LogP contribution in [0.3, 0.4) is 0 Å². The molecule has 1 aliphatic rings. The van der Waals surface area contributed by atoms with E-state index in [0.29, 0.717) is 19.8 Å². The first-order valence-corrected chi connectivity index (χ1v) is 11.2. The van der Waals surface area contributed by atoms with Crippen molar-refractivity contribution in [2.75, 3.05) is 19.8 Å². The van der Waals surface area contributed by atoms with Gasteiger partial charge in [-0.25, -0.2) is 0 Å². The zero-order valence-corrected chi connectivity index (χ0v) is 17.4. The van der Waals surface area contributed by atoms with E-state index < -0.39 is 6.10 Å². The number of unbranched alkanes of at least 4 members (excludes halogenated alkanes) is 12. The topological polar surface area (TPSA) is 47.9 Å². The SMILES string of the molecule is CCCCCCCCCCCCCCCC1OCC(COCC(C)O)O1. The Kier molecular flexibility index (Phi) is 15.6. The predicted molar refractivity (Wildman–Crippen MR) is 107 cm³/mol. The minimum absolute atomic E-state index is 0.0284. The summed E-state index contributed by atoms with van der Waals surface area (Å²) in [6, 6.07) is 0. The van der Waals surface area contributed by atoms with Crippen molar-refractivity contribution < 1.29 is 19.3 Å². The second-order valence-corrected chi connectivity index (χ2v) is 7.94. The number of ether oxygens (including phenoxy) is 3. The van der Waals surface area contributed by atoms with Crippen molar-refractivity contribution in [1.82, 2.24) is 0 Å². The average Bonchev–Trinajstić information content (AvgIpc) is 3.06. The van der Waals surface area contributed by atoms with Crippen LogP contribution in [0.5, 0.6) is 0 Å². The Morgan fingerprint density at radius 3 is 1.96 bits per heavy atom. The second-order valence-electron chi connectivity index (χ2n) is 7.94. The van der Waals surface area contributed by atoms with Gasteiger partial charge in [0.05, 0.1) is 25.9 Å². The van der Waals surface area contributed by atoms with Crippen LogP contribution in [0.2, 0.25) is 0 Å². The van der Waals surface area contributed by atoms with Gasteiger partial charge in [0, 0.05) is 0 Å². The summed E-state index contributed by atoms with van der Waals surface area (Å²) in [5.41, 5.74) is 0. The molecule has 0 bridgehead atoms. The first-order chi connectivity index (χ1) is 12.7. The third kappa shape index (κ3) is 14.0. The molecule has 1 heterocycles. The lowest BCUT2D eigenvalue weighted by atomic mass is 10.0. The summed E-state index contributed by atoms with van der Waals surface area (Å²) in [7, 11) is 0. The molecule has 1 rings (SSSR count). The molecule has 0 aromatic rings. The molecule has 0 saturated carbocycles. The van der Waals surface area contributed by atoms with E-state index in [1.54, 1.807) is 6.92 Å². The highest BCUT2D eigenvalue weighted by molar-refractivity contribution is 4.65. The summed E-state index contributed by atoms with van der Waals surface area (Å²) in [6.07, 6.45) is 18.5. The van der Waals surface area contributed by atoms with E-state index in [-0.39, 0.29) is 12.4 Å². The highest BCUT2D eigenvalue weighted by atomic mass is 16.7. The minimum atomic E-state index is -0.418. The van der Waals surface area contributed by atoms with Gasteiger partial charge in [-0.2, -0.15) is 0 Å². The largest absolute Gasteiger partial charge is 0.391 e. The summed E-state index contributed by atoms with van der Waals surface area (Å²) in [4.78, 5) is 0. The molecule has 3 unspecified atom stereocenters. The molecule has 0 aromatic heterocycles. The molecule has 1 aliphatic heterocycles. The number of rotatable bonds is 18. The number of aliphatic hydroxyl groups excluding tert-OH is 1. The second kappa shape index (κ2) is 17.0. The summed E-state index contributed by atoms with van der Waals surface area (Å²) >= 11 is 0. The predicted octanol–water partition coefficient (Wildman–Crippen LogP) is 5.61. The van der Waals surface area contributed by atoms with E-state index in [1.807, 2.05) is 0 Å². The van der Waals surface area contributed by atoms with Crippen LogP contribution in [0.4, 0.5) is 0 Å². The Morgan fingerprint density at radius 1 is 0.885 bits per heavy atom. The van der Waals surface area contributed by atoms with Crippen molar-refractivity contribution in [1.29, 1.82) is 0 Å². The smallest absolute Gasteiger partial charge is 0.158 e. The van der Waals surface area contributed by atoms with Gasteiger partial charge in [-0.1, -0.05) is 84.0 Å². The molecule has 0 aliphatic carbocycles. The molecule has 4 nitrogen and oxygen atoms in total. The molecular weight excluding hydrogens is 328 g/mol. The number of hydrogen-bond donors (Lipinski definition) is 1. The average molecular weight is 373 g/mol. The van der Waals surface area contributed by atoms with E-state index in [4.69, 9.17) is 19.3 Å². The number of hydrogen-bond acceptors (Lipinski definition) is 4. The van der Waals surface area contributed by atoms with Crippen molar-refractivity contribution in [3.63, 3.8) is 0 Å². The molecule has 3 atom stereocenters. The highest BCUT2D eigenvalue weighted by Gasteiger charge is 2.25. The zero-order chi connectivity index (χ0) is 18.9. The van der Waals surface area contributed by atoms with Crippen LogP contribution >= 0.6 is 0 Å². The maximum atomic E-state index is 9.17. The van der Waals surface area contributed by atoms with Gasteiger partial charge in [-0.15, -0.1) is 0 Å². The Morgan fingerprint density at radius 2 is 1.42 bits per heavy atom. The molecule has 0 spiro atoms. The van der Waals surface area contributed by atoms with E-state index in [2.05, 4.69) is 6.92 Å². The first-order valence-electron chi connectivity index (χ1n) is 11.2. The summed E-state index contributed by atoms with van der Waals surface area (Å²) < 4.78 is 16.9. The van der Waals surface area contributed by atoms with E-state index in [0.717, 1.165) is 6.42 Å². The fourth-order valence-corrected chi connectivity index (χ4v) is 3.45. The van der Waals surface area contributed by atoms with E-state index in [1.165, 1.54) is 83.5 Å². The van der Waals surface area contributed by atoms with Crippen LogP contribution in [-0.2, 0) is 14.2 Å². The minimum Gasteiger partial charge on any atom is -0.391 e. The lowest BCUT2D eigenvalue weighted by Crippen LogP contribution is -2.22. The van der Waals surface area contributed by atoms with Gasteiger partial charge >= 0.3 is 0 Å². The van der Waals surface area contributed by atoms with Crippen molar-refractivity contribution in [2.45, 2.75) is 122 Å². The fraction of sp³-hybridized carbons (Fsp3) is 1.00. The summed E-state index contributed by atoms with van der Waals surface area (Å²) in [5, 5.41) is 9.17. The van der Waals surface area contributed by atoms with Gasteiger partial charge in [0.1, 0.15) is 6.10 Å². The summed E-state index contributed by atoms with van der Waals surface area (Å²) in [5.74, 6) is 0. The Hall–Kier alpha value is -0.160. The molecule has 26 heavy (non-hydrogen) atoms. The number of aliphatic hydroxyl groups is 1. The van der Waals surface area contributed by atoms with Gasteiger partial charge < -0.3 is 19.3 Å². The molecule has 1 fully saturated rings. The molecule has 1 N–H and O–H groups in total. The lowest BCUT2D eigenvalue weighted by molar-refractivity contribution is -0.0797. The van der Waals surface area contributed by atoms with Crippen LogP contribution in [0.15, 0.2) is 0 Å². The van der Waals surface area contributed by atoms with Gasteiger partial charge in [-0.3, -0.25) is 0 Å². The van der Waals surface area contributed by atoms with Gasteiger partial charge in [0.2, 0.25) is 0 Å². The Bertz CT molecular complexity index is 296. The third-order valence-electron chi connectivity index (χ3n) is 5.02. The van der Waals surface area contributed by atoms with Crippen molar-refractivity contribution in [2.24, 2.45) is 0 Å². The standard InChI is InChI=1S/C22H44O4/c1-3-4-5-6-7-8-9-10-11-12-13-14-15-16-22-25-19-21(26-22)18-24-17-20(2)23/h20-23H,3-19H2,1-2H3. The fourth-order valence-electron chi connectivity index (χ4n) is 3.45. The van der Waals surface area contributed by atoms with Crippen LogP contribution in [0.25, 0.3) is 0 Å². The first kappa shape index (κ1) is 23.9. The Labute approximate surface area is 162 Å². The lowest BCUT2D eigenvalue weighted by Gasteiger charge is -2.12. The maximum absolute atomic E-state index is 9.17. The quantitative estimate of drug-likeness (QED) is 0.318. The monoisotopic (exact) mass is 372 g/mol. The van der Waals surface area contributed by atoms with E-state index >= 15 is 0 Å². The van der Waals surface area contributed by atoms with Crippen LogP contribution in [0, 0.1) is 0 Å². The zero-order valence-electron chi connectivity index (χ0n) is 17.4. The molecule has 0 amide bonds. The normalized spacial score (nSPS) is 21.3. The molecule has 4 heteroatoms. The van der Waals surface area contributed by atoms with Gasteiger partial charge in [0.15, 0.2) is 6.29 Å². The third-order valence-corrected chi connectivity index (χ3v) is 5.02. The molecule has 1 saturated heterocycles. The summed E-state index contributed by atoms with van der Waals surface area (Å²) in [6.45, 7) is 5.50. The maximum Gasteiger partial charge on any atom is 0.158 e. The molecule has 0 radical (unpaired) electrons. The van der Waals surface area contributed by atoms with Crippen molar-refractivity contribution in [3.8, 4) is 0 Å². The van der Waals surface area contributed by atoms with Gasteiger partial charge in [-0.05, 0) is 19.8 Å². The van der Waals surface area contributed by atoms with Crippen molar-refractivity contribution >= 4 is 0 Å². The van der Waals surface area contributed by atoms with E-state index in [9.17, 15) is 0 Å². The molecule has 0 aromatic carbocycles. The Balaban J connectivity index is 1.78. The molecule has 156 valence electrons. The molecular formula is C22H44O4. The van der Waals surface area contributed by atoms with Gasteiger partial charge in [0.25, 0.3) is 0 Å². The van der Waals surface area contributed by atoms with Crippen LogP contribution in [0.1, 0.15) is 104 Å². The van der Waals surface area contributed by atoms with Crippen LogP contribution < -0.4 is 0 Å². The highest BCUT2D eigenvalue weighted by Crippen LogP contribution is 2.19. The van der Waals surface area contributed by atoms with Crippen molar-refractivity contribution in [3.05, 3.63) is 0 Å². The van der Waals surface area contributed by atoms with Crippen LogP contribution in [-0.4, -0.2) is 43.4 Å².